The van der Waals surface area contributed by atoms with E-state index < -0.39 is 0 Å². The summed E-state index contributed by atoms with van der Waals surface area (Å²) in [5.41, 5.74) is 7.14. The number of nitrogens with two attached hydrogens (primary N) is 1. The Hall–Kier alpha value is -1.49. The second kappa shape index (κ2) is 5.44. The molecule has 0 aliphatic carbocycles. The molecule has 1 heterocycles. The average Bonchev–Trinajstić information content (AvgIpc) is 2.31. The SMILES string of the molecule is NC(=S)CCCN1C(=O)CCc2ccc(F)cc21. The predicted molar refractivity (Wildman–Crippen MR) is 73.1 cm³/mol. The minimum absolute atomic E-state index is 0.0380. The van der Waals surface area contributed by atoms with Crippen LogP contribution in [0.1, 0.15) is 24.8 Å². The molecule has 5 heteroatoms. The summed E-state index contributed by atoms with van der Waals surface area (Å²) < 4.78 is 13.3. The fraction of sp³-hybridized carbons (Fsp3) is 0.385. The van der Waals surface area contributed by atoms with Crippen LogP contribution in [0.5, 0.6) is 0 Å². The number of benzene rings is 1. The average molecular weight is 266 g/mol. The molecule has 3 nitrogen and oxygen atoms in total. The van der Waals surface area contributed by atoms with Gasteiger partial charge in [-0.1, -0.05) is 18.3 Å². The van der Waals surface area contributed by atoms with Crippen LogP contribution in [-0.2, 0) is 11.2 Å². The minimum Gasteiger partial charge on any atom is -0.393 e. The first-order chi connectivity index (χ1) is 8.58. The molecule has 0 saturated heterocycles. The van der Waals surface area contributed by atoms with E-state index in [1.165, 1.54) is 12.1 Å². The van der Waals surface area contributed by atoms with Crippen LogP contribution >= 0.6 is 12.2 Å². The number of amides is 1. The number of carbonyl (C=O) groups is 1. The lowest BCUT2D eigenvalue weighted by molar-refractivity contribution is -0.118. The Morgan fingerprint density at radius 1 is 1.44 bits per heavy atom. The van der Waals surface area contributed by atoms with Crippen molar-refractivity contribution in [2.45, 2.75) is 25.7 Å². The van der Waals surface area contributed by atoms with E-state index in [1.807, 2.05) is 0 Å². The molecular weight excluding hydrogens is 251 g/mol. The number of fused-ring (bicyclic) bond motifs is 1. The van der Waals surface area contributed by atoms with Crippen molar-refractivity contribution in [3.05, 3.63) is 29.6 Å². The molecule has 1 aromatic rings. The Balaban J connectivity index is 2.16. The molecule has 0 spiro atoms. The van der Waals surface area contributed by atoms with Crippen LogP contribution in [0.25, 0.3) is 0 Å². The number of aryl methyl sites for hydroxylation is 1. The normalized spacial score (nSPS) is 14.5. The molecule has 1 aliphatic rings. The number of hydrogen-bond acceptors (Lipinski definition) is 2. The van der Waals surface area contributed by atoms with Gasteiger partial charge in [0.05, 0.1) is 4.99 Å². The van der Waals surface area contributed by atoms with Crippen LogP contribution in [0.15, 0.2) is 18.2 Å². The first-order valence-corrected chi connectivity index (χ1v) is 6.36. The van der Waals surface area contributed by atoms with Crippen LogP contribution in [0.3, 0.4) is 0 Å². The van der Waals surface area contributed by atoms with E-state index in [1.54, 1.807) is 11.0 Å². The van der Waals surface area contributed by atoms with Gasteiger partial charge < -0.3 is 10.6 Å². The maximum atomic E-state index is 13.3. The van der Waals surface area contributed by atoms with E-state index in [4.69, 9.17) is 18.0 Å². The molecule has 0 saturated carbocycles. The third kappa shape index (κ3) is 2.85. The number of nitrogens with zero attached hydrogens (tertiary/aromatic N) is 1. The Bertz CT molecular complexity index is 490. The van der Waals surface area contributed by atoms with Crippen molar-refractivity contribution in [2.24, 2.45) is 5.73 Å². The van der Waals surface area contributed by atoms with E-state index in [9.17, 15) is 9.18 Å². The molecule has 18 heavy (non-hydrogen) atoms. The molecule has 0 atom stereocenters. The molecule has 0 aromatic heterocycles. The monoisotopic (exact) mass is 266 g/mol. The van der Waals surface area contributed by atoms with Crippen molar-refractivity contribution >= 4 is 28.8 Å². The van der Waals surface area contributed by atoms with Crippen molar-refractivity contribution in [3.8, 4) is 0 Å². The van der Waals surface area contributed by atoms with Gasteiger partial charge in [0.15, 0.2) is 0 Å². The Labute approximate surface area is 111 Å². The lowest BCUT2D eigenvalue weighted by Gasteiger charge is -2.29. The van der Waals surface area contributed by atoms with Crippen LogP contribution in [-0.4, -0.2) is 17.4 Å². The zero-order valence-electron chi connectivity index (χ0n) is 9.99. The number of rotatable bonds is 4. The number of anilines is 1. The first-order valence-electron chi connectivity index (χ1n) is 5.95. The molecule has 1 amide bonds. The number of carbonyl (C=O) groups excluding carboxylic acids is 1. The molecule has 0 unspecified atom stereocenters. The molecule has 2 N–H and O–H groups in total. The van der Waals surface area contributed by atoms with E-state index in [-0.39, 0.29) is 11.7 Å². The number of hydrogen-bond donors (Lipinski definition) is 1. The Kier molecular flexibility index (Phi) is 3.91. The molecule has 2 rings (SSSR count). The fourth-order valence-corrected chi connectivity index (χ4v) is 2.31. The van der Waals surface area contributed by atoms with E-state index in [0.717, 1.165) is 5.56 Å². The summed E-state index contributed by atoms with van der Waals surface area (Å²) in [6.07, 6.45) is 2.47. The highest BCUT2D eigenvalue weighted by atomic mass is 32.1. The summed E-state index contributed by atoms with van der Waals surface area (Å²) in [4.78, 5) is 14.0. The van der Waals surface area contributed by atoms with Crippen molar-refractivity contribution in [2.75, 3.05) is 11.4 Å². The highest BCUT2D eigenvalue weighted by molar-refractivity contribution is 7.80. The lowest BCUT2D eigenvalue weighted by atomic mass is 10.0. The van der Waals surface area contributed by atoms with Crippen molar-refractivity contribution in [3.63, 3.8) is 0 Å². The maximum absolute atomic E-state index is 13.3. The zero-order chi connectivity index (χ0) is 13.1. The Morgan fingerprint density at radius 2 is 2.22 bits per heavy atom. The van der Waals surface area contributed by atoms with E-state index in [2.05, 4.69) is 0 Å². The quantitative estimate of drug-likeness (QED) is 0.850. The van der Waals surface area contributed by atoms with Crippen LogP contribution < -0.4 is 10.6 Å². The molecular formula is C13H15FN2OS. The van der Waals surface area contributed by atoms with Gasteiger partial charge in [-0.05, 0) is 37.0 Å². The minimum atomic E-state index is -0.317. The summed E-state index contributed by atoms with van der Waals surface area (Å²) in [7, 11) is 0. The summed E-state index contributed by atoms with van der Waals surface area (Å²) >= 11 is 4.80. The van der Waals surface area contributed by atoms with Gasteiger partial charge in [0.2, 0.25) is 5.91 Å². The van der Waals surface area contributed by atoms with Gasteiger partial charge in [-0.2, -0.15) is 0 Å². The topological polar surface area (TPSA) is 46.3 Å². The third-order valence-electron chi connectivity index (χ3n) is 3.05. The zero-order valence-corrected chi connectivity index (χ0v) is 10.8. The van der Waals surface area contributed by atoms with Gasteiger partial charge in [0.25, 0.3) is 0 Å². The van der Waals surface area contributed by atoms with Gasteiger partial charge in [0.1, 0.15) is 5.82 Å². The summed E-state index contributed by atoms with van der Waals surface area (Å²) in [6, 6.07) is 4.60. The third-order valence-corrected chi connectivity index (χ3v) is 3.26. The highest BCUT2D eigenvalue weighted by Crippen LogP contribution is 2.28. The van der Waals surface area contributed by atoms with Gasteiger partial charge in [-0.3, -0.25) is 4.79 Å². The van der Waals surface area contributed by atoms with E-state index in [0.29, 0.717) is 42.9 Å². The molecule has 0 bridgehead atoms. The summed E-state index contributed by atoms with van der Waals surface area (Å²) in [5.74, 6) is -0.279. The van der Waals surface area contributed by atoms with Crippen molar-refractivity contribution < 1.29 is 9.18 Å². The predicted octanol–water partition coefficient (Wildman–Crippen LogP) is 2.17. The standard InChI is InChI=1S/C13H15FN2OS/c14-10-5-3-9-4-6-13(17)16(11(9)8-10)7-1-2-12(15)18/h3,5,8H,1-2,4,6-7H2,(H2,15,18). The highest BCUT2D eigenvalue weighted by Gasteiger charge is 2.23. The van der Waals surface area contributed by atoms with Crippen LogP contribution in [0.2, 0.25) is 0 Å². The largest absolute Gasteiger partial charge is 0.393 e. The smallest absolute Gasteiger partial charge is 0.227 e. The lowest BCUT2D eigenvalue weighted by Crippen LogP contribution is -2.36. The van der Waals surface area contributed by atoms with E-state index >= 15 is 0 Å². The molecule has 0 radical (unpaired) electrons. The molecule has 96 valence electrons. The first kappa shape index (κ1) is 13.0. The summed E-state index contributed by atoms with van der Waals surface area (Å²) in [6.45, 7) is 0.534. The van der Waals surface area contributed by atoms with Gasteiger partial charge in [0, 0.05) is 18.7 Å². The fourth-order valence-electron chi connectivity index (χ4n) is 2.17. The van der Waals surface area contributed by atoms with Gasteiger partial charge >= 0.3 is 0 Å². The summed E-state index contributed by atoms with van der Waals surface area (Å²) in [5, 5.41) is 0. The molecule has 0 fully saturated rings. The number of halogens is 1. The van der Waals surface area contributed by atoms with Gasteiger partial charge in [-0.25, -0.2) is 4.39 Å². The van der Waals surface area contributed by atoms with Crippen LogP contribution in [0.4, 0.5) is 10.1 Å². The Morgan fingerprint density at radius 3 is 2.94 bits per heavy atom. The van der Waals surface area contributed by atoms with Crippen molar-refractivity contribution in [1.29, 1.82) is 0 Å². The molecule has 1 aliphatic heterocycles. The van der Waals surface area contributed by atoms with Crippen LogP contribution in [0, 0.1) is 5.82 Å². The number of thiocarbonyl (C=S) groups is 1. The second-order valence-corrected chi connectivity index (χ2v) is 4.91. The maximum Gasteiger partial charge on any atom is 0.227 e. The van der Waals surface area contributed by atoms with Crippen molar-refractivity contribution in [1.82, 2.24) is 0 Å². The molecule has 1 aromatic carbocycles. The van der Waals surface area contributed by atoms with Gasteiger partial charge in [-0.15, -0.1) is 0 Å². The second-order valence-electron chi connectivity index (χ2n) is 4.39.